The van der Waals surface area contributed by atoms with Gasteiger partial charge in [0, 0.05) is 24.8 Å². The maximum absolute atomic E-state index is 12.1. The molecule has 2 aromatic carbocycles. The van der Waals surface area contributed by atoms with Crippen LogP contribution in [0.15, 0.2) is 48.5 Å². The van der Waals surface area contributed by atoms with Gasteiger partial charge in [0.05, 0.1) is 25.0 Å². The summed E-state index contributed by atoms with van der Waals surface area (Å²) < 4.78 is 10.3. The number of benzene rings is 2. The first kappa shape index (κ1) is 22.6. The number of unbranched alkanes of at least 4 members (excludes halogenated alkanes) is 1. The molecule has 0 radical (unpaired) electrons. The Morgan fingerprint density at radius 3 is 2.35 bits per heavy atom. The number of aryl methyl sites for hydroxylation is 2. The zero-order valence-corrected chi connectivity index (χ0v) is 18.8. The Balaban J connectivity index is 1.92. The lowest BCUT2D eigenvalue weighted by Crippen LogP contribution is -2.10. The van der Waals surface area contributed by atoms with Crippen LogP contribution in [0, 0.1) is 6.92 Å². The van der Waals surface area contributed by atoms with E-state index >= 15 is 0 Å². The fourth-order valence-electron chi connectivity index (χ4n) is 3.76. The van der Waals surface area contributed by atoms with E-state index in [0.29, 0.717) is 12.2 Å². The molecule has 0 aliphatic carbocycles. The molecule has 1 heterocycles. The van der Waals surface area contributed by atoms with Gasteiger partial charge in [0.2, 0.25) is 0 Å². The number of ether oxygens (including phenoxy) is 2. The van der Waals surface area contributed by atoms with Gasteiger partial charge in [-0.05, 0) is 42.5 Å². The van der Waals surface area contributed by atoms with E-state index in [-0.39, 0.29) is 5.97 Å². The Hall–Kier alpha value is -3.05. The second-order valence-electron chi connectivity index (χ2n) is 7.59. The molecule has 3 rings (SSSR count). The third-order valence-electron chi connectivity index (χ3n) is 5.32. The van der Waals surface area contributed by atoms with Crippen molar-refractivity contribution in [2.24, 2.45) is 0 Å². The summed E-state index contributed by atoms with van der Waals surface area (Å²) in [6, 6.07) is 15.8. The predicted octanol–water partition coefficient (Wildman–Crippen LogP) is 5.32. The molecule has 0 saturated heterocycles. The number of carbonyl (C=O) groups is 1. The molecule has 5 nitrogen and oxygen atoms in total. The van der Waals surface area contributed by atoms with Gasteiger partial charge in [-0.3, -0.25) is 0 Å². The van der Waals surface area contributed by atoms with Crippen LogP contribution in [0.5, 0.6) is 0 Å². The topological polar surface area (TPSA) is 61.3 Å². The fraction of sp³-hybridized carbons (Fsp3) is 0.346. The van der Waals surface area contributed by atoms with Crippen LogP contribution in [0.25, 0.3) is 11.1 Å². The van der Waals surface area contributed by atoms with Crippen LogP contribution in [-0.2, 0) is 28.9 Å². The SMILES string of the molecule is CCCCc1nc(C)nc(COC)c1Cc1ccc(-c2ccccc2C(=O)OC)cc1. The zero-order valence-electron chi connectivity index (χ0n) is 18.8. The van der Waals surface area contributed by atoms with Crippen molar-refractivity contribution in [2.45, 2.75) is 46.1 Å². The quantitative estimate of drug-likeness (QED) is 0.440. The summed E-state index contributed by atoms with van der Waals surface area (Å²) in [6.07, 6.45) is 3.91. The molecular weight excluding hydrogens is 388 g/mol. The van der Waals surface area contributed by atoms with Crippen LogP contribution in [-0.4, -0.2) is 30.2 Å². The van der Waals surface area contributed by atoms with E-state index in [1.54, 1.807) is 13.2 Å². The van der Waals surface area contributed by atoms with Crippen molar-refractivity contribution in [3.8, 4) is 11.1 Å². The third-order valence-corrected chi connectivity index (χ3v) is 5.32. The lowest BCUT2D eigenvalue weighted by molar-refractivity contribution is 0.0601. The van der Waals surface area contributed by atoms with E-state index in [1.165, 1.54) is 12.7 Å². The second-order valence-corrected chi connectivity index (χ2v) is 7.59. The maximum Gasteiger partial charge on any atom is 0.338 e. The maximum atomic E-state index is 12.1. The summed E-state index contributed by atoms with van der Waals surface area (Å²) in [6.45, 7) is 4.60. The first-order valence-corrected chi connectivity index (χ1v) is 10.7. The van der Waals surface area contributed by atoms with Gasteiger partial charge in [-0.25, -0.2) is 14.8 Å². The Labute approximate surface area is 184 Å². The van der Waals surface area contributed by atoms with Crippen LogP contribution < -0.4 is 0 Å². The van der Waals surface area contributed by atoms with Gasteiger partial charge in [-0.2, -0.15) is 0 Å². The van der Waals surface area contributed by atoms with Crippen molar-refractivity contribution < 1.29 is 14.3 Å². The molecule has 0 unspecified atom stereocenters. The second kappa shape index (κ2) is 10.8. The number of methoxy groups -OCH3 is 2. The van der Waals surface area contributed by atoms with E-state index in [9.17, 15) is 4.79 Å². The lowest BCUT2D eigenvalue weighted by Gasteiger charge is -2.15. The number of esters is 1. The first-order valence-electron chi connectivity index (χ1n) is 10.7. The monoisotopic (exact) mass is 418 g/mol. The van der Waals surface area contributed by atoms with Crippen molar-refractivity contribution >= 4 is 5.97 Å². The zero-order chi connectivity index (χ0) is 22.2. The van der Waals surface area contributed by atoms with E-state index in [0.717, 1.165) is 59.6 Å². The molecule has 0 spiro atoms. The van der Waals surface area contributed by atoms with Crippen LogP contribution in [0.3, 0.4) is 0 Å². The van der Waals surface area contributed by atoms with E-state index < -0.39 is 0 Å². The molecule has 0 N–H and O–H groups in total. The van der Waals surface area contributed by atoms with E-state index in [1.807, 2.05) is 37.3 Å². The molecule has 162 valence electrons. The van der Waals surface area contributed by atoms with Crippen molar-refractivity contribution in [3.05, 3.63) is 82.4 Å². The smallest absolute Gasteiger partial charge is 0.338 e. The van der Waals surface area contributed by atoms with Gasteiger partial charge in [0.15, 0.2) is 0 Å². The molecule has 0 amide bonds. The first-order chi connectivity index (χ1) is 15.1. The standard InChI is InChI=1S/C26H30N2O3/c1-5-6-11-24-23(25(17-30-3)28-18(2)27-24)16-19-12-14-20(15-13-19)21-9-7-8-10-22(21)26(29)31-4/h7-10,12-15H,5-6,11,16-17H2,1-4H3. The lowest BCUT2D eigenvalue weighted by atomic mass is 9.95. The molecular formula is C26H30N2O3. The Morgan fingerprint density at radius 1 is 0.968 bits per heavy atom. The number of aromatic nitrogens is 2. The minimum Gasteiger partial charge on any atom is -0.465 e. The summed E-state index contributed by atoms with van der Waals surface area (Å²) in [5.41, 5.74) is 6.80. The fourth-order valence-corrected chi connectivity index (χ4v) is 3.76. The van der Waals surface area contributed by atoms with Crippen LogP contribution >= 0.6 is 0 Å². The van der Waals surface area contributed by atoms with E-state index in [2.05, 4.69) is 24.0 Å². The van der Waals surface area contributed by atoms with Gasteiger partial charge >= 0.3 is 5.97 Å². The molecule has 0 aliphatic rings. The highest BCUT2D eigenvalue weighted by atomic mass is 16.5. The highest BCUT2D eigenvalue weighted by Crippen LogP contribution is 2.26. The average Bonchev–Trinajstić information content (AvgIpc) is 2.79. The number of rotatable bonds is 9. The van der Waals surface area contributed by atoms with Crippen molar-refractivity contribution in [2.75, 3.05) is 14.2 Å². The van der Waals surface area contributed by atoms with Gasteiger partial charge in [0.1, 0.15) is 5.82 Å². The van der Waals surface area contributed by atoms with Crippen molar-refractivity contribution in [1.29, 1.82) is 0 Å². The average molecular weight is 419 g/mol. The van der Waals surface area contributed by atoms with Crippen LogP contribution in [0.4, 0.5) is 0 Å². The summed E-state index contributed by atoms with van der Waals surface area (Å²) in [5, 5.41) is 0. The van der Waals surface area contributed by atoms with Crippen LogP contribution in [0.2, 0.25) is 0 Å². The summed E-state index contributed by atoms with van der Waals surface area (Å²) in [5.74, 6) is 0.456. The highest BCUT2D eigenvalue weighted by molar-refractivity contribution is 5.97. The Kier molecular flexibility index (Phi) is 7.90. The Morgan fingerprint density at radius 2 is 1.68 bits per heavy atom. The van der Waals surface area contributed by atoms with Gasteiger partial charge in [0.25, 0.3) is 0 Å². The minimum absolute atomic E-state index is 0.332. The molecule has 5 heteroatoms. The predicted molar refractivity (Wildman–Crippen MR) is 122 cm³/mol. The molecule has 3 aromatic rings. The Bertz CT molecular complexity index is 1030. The van der Waals surface area contributed by atoms with Crippen LogP contribution in [0.1, 0.15) is 58.5 Å². The summed E-state index contributed by atoms with van der Waals surface area (Å²) in [7, 11) is 3.10. The summed E-state index contributed by atoms with van der Waals surface area (Å²) >= 11 is 0. The molecule has 0 saturated carbocycles. The molecule has 0 atom stereocenters. The number of nitrogens with zero attached hydrogens (tertiary/aromatic N) is 2. The van der Waals surface area contributed by atoms with Gasteiger partial charge < -0.3 is 9.47 Å². The van der Waals surface area contributed by atoms with Crippen molar-refractivity contribution in [3.63, 3.8) is 0 Å². The molecule has 0 aliphatic heterocycles. The number of hydrogen-bond donors (Lipinski definition) is 0. The normalized spacial score (nSPS) is 10.8. The molecule has 31 heavy (non-hydrogen) atoms. The minimum atomic E-state index is -0.332. The van der Waals surface area contributed by atoms with Gasteiger partial charge in [-0.15, -0.1) is 0 Å². The molecule has 1 aromatic heterocycles. The molecule has 0 bridgehead atoms. The van der Waals surface area contributed by atoms with E-state index in [4.69, 9.17) is 14.5 Å². The number of carbonyl (C=O) groups excluding carboxylic acids is 1. The molecule has 0 fully saturated rings. The largest absolute Gasteiger partial charge is 0.465 e. The number of hydrogen-bond acceptors (Lipinski definition) is 5. The van der Waals surface area contributed by atoms with Crippen molar-refractivity contribution in [1.82, 2.24) is 9.97 Å². The van der Waals surface area contributed by atoms with Gasteiger partial charge in [-0.1, -0.05) is 55.8 Å². The summed E-state index contributed by atoms with van der Waals surface area (Å²) in [4.78, 5) is 21.5. The highest BCUT2D eigenvalue weighted by Gasteiger charge is 2.15. The third kappa shape index (κ3) is 5.56.